The van der Waals surface area contributed by atoms with Gasteiger partial charge in [0.25, 0.3) is 0 Å². The van der Waals surface area contributed by atoms with Crippen LogP contribution in [-0.4, -0.2) is 114 Å². The molecule has 41 heavy (non-hydrogen) atoms. The maximum absolute atomic E-state index is 13.8. The average Bonchev–Trinajstić information content (AvgIpc) is 2.91. The molecule has 3 N–H and O–H groups in total. The molecule has 0 aromatic rings. The number of aliphatic hydroxyl groups excluding tert-OH is 2. The molecule has 0 aliphatic carbocycles. The summed E-state index contributed by atoms with van der Waals surface area (Å²) in [5.41, 5.74) is -3.08. The van der Waals surface area contributed by atoms with Gasteiger partial charge in [-0.1, -0.05) is 20.8 Å². The minimum atomic E-state index is -1.78. The summed E-state index contributed by atoms with van der Waals surface area (Å²) in [5.74, 6) is -4.64. The Morgan fingerprint density at radius 3 is 2.24 bits per heavy atom. The molecule has 11 atom stereocenters. The molecule has 0 radical (unpaired) electrons. The van der Waals surface area contributed by atoms with Gasteiger partial charge in [-0.05, 0) is 67.1 Å². The Morgan fingerprint density at radius 1 is 1.12 bits per heavy atom. The van der Waals surface area contributed by atoms with Crippen LogP contribution < -0.4 is 0 Å². The summed E-state index contributed by atoms with van der Waals surface area (Å²) in [6.07, 6.45) is -2.47. The van der Waals surface area contributed by atoms with E-state index in [0.717, 1.165) is 0 Å². The van der Waals surface area contributed by atoms with Crippen molar-refractivity contribution in [2.45, 2.75) is 116 Å². The van der Waals surface area contributed by atoms with E-state index in [0.29, 0.717) is 6.42 Å². The van der Waals surface area contributed by atoms with Crippen LogP contribution in [0.15, 0.2) is 11.6 Å². The second-order valence-electron chi connectivity index (χ2n) is 12.4. The van der Waals surface area contributed by atoms with E-state index in [1.54, 1.807) is 27.7 Å². The smallest absolute Gasteiger partial charge is 0.316 e. The highest BCUT2D eigenvalue weighted by Gasteiger charge is 2.49. The van der Waals surface area contributed by atoms with Crippen molar-refractivity contribution in [3.05, 3.63) is 11.6 Å². The normalized spacial score (nSPS) is 43.3. The molecular formula is C30H51NO10. The van der Waals surface area contributed by atoms with Crippen molar-refractivity contribution in [2.24, 2.45) is 17.8 Å². The van der Waals surface area contributed by atoms with E-state index in [-0.39, 0.29) is 30.6 Å². The second kappa shape index (κ2) is 14.2. The van der Waals surface area contributed by atoms with Crippen LogP contribution in [0.1, 0.15) is 67.7 Å². The molecule has 0 aromatic carbocycles. The van der Waals surface area contributed by atoms with E-state index >= 15 is 0 Å². The van der Waals surface area contributed by atoms with Crippen LogP contribution in [0.25, 0.3) is 0 Å². The first-order chi connectivity index (χ1) is 18.9. The lowest BCUT2D eigenvalue weighted by Gasteiger charge is -2.46. The minimum absolute atomic E-state index is 0.0316. The van der Waals surface area contributed by atoms with Crippen molar-refractivity contribution in [3.63, 3.8) is 0 Å². The summed E-state index contributed by atoms with van der Waals surface area (Å²) >= 11 is 0. The number of hydrogen-bond donors (Lipinski definition) is 3. The molecular weight excluding hydrogens is 534 g/mol. The predicted octanol–water partition coefficient (Wildman–Crippen LogP) is 1.64. The Kier molecular flexibility index (Phi) is 12.2. The summed E-state index contributed by atoms with van der Waals surface area (Å²) < 4.78 is 24.0. The second-order valence-corrected chi connectivity index (χ2v) is 12.4. The van der Waals surface area contributed by atoms with Gasteiger partial charge < -0.3 is 39.2 Å². The number of ether oxygens (including phenoxy) is 4. The van der Waals surface area contributed by atoms with E-state index in [2.05, 4.69) is 0 Å². The molecule has 11 heteroatoms. The quantitative estimate of drug-likeness (QED) is 0.308. The summed E-state index contributed by atoms with van der Waals surface area (Å²) in [6.45, 7) is 10.8. The molecule has 2 heterocycles. The van der Waals surface area contributed by atoms with Gasteiger partial charge in [0.2, 0.25) is 0 Å². The van der Waals surface area contributed by atoms with Crippen molar-refractivity contribution in [1.82, 2.24) is 4.90 Å². The van der Waals surface area contributed by atoms with Crippen molar-refractivity contribution in [1.29, 1.82) is 0 Å². The highest BCUT2D eigenvalue weighted by Crippen LogP contribution is 2.37. The van der Waals surface area contributed by atoms with Gasteiger partial charge in [0.05, 0.1) is 24.4 Å². The van der Waals surface area contributed by atoms with Crippen LogP contribution >= 0.6 is 0 Å². The number of carbonyl (C=O) groups is 3. The van der Waals surface area contributed by atoms with Gasteiger partial charge in [-0.15, -0.1) is 0 Å². The number of rotatable bonds is 6. The third-order valence-corrected chi connectivity index (χ3v) is 8.70. The van der Waals surface area contributed by atoms with Crippen molar-refractivity contribution in [3.8, 4) is 0 Å². The van der Waals surface area contributed by atoms with Gasteiger partial charge >= 0.3 is 5.97 Å². The van der Waals surface area contributed by atoms with E-state index in [1.807, 2.05) is 25.9 Å². The van der Waals surface area contributed by atoms with Gasteiger partial charge in [0, 0.05) is 30.6 Å². The topological polar surface area (TPSA) is 152 Å². The number of methoxy groups -OCH3 is 1. The number of aliphatic hydroxyl groups is 3. The van der Waals surface area contributed by atoms with Crippen molar-refractivity contribution < 1.29 is 48.7 Å². The lowest BCUT2D eigenvalue weighted by Crippen LogP contribution is -2.59. The van der Waals surface area contributed by atoms with Gasteiger partial charge in [0.15, 0.2) is 17.9 Å². The molecule has 11 nitrogen and oxygen atoms in total. The molecule has 1 fully saturated rings. The number of carbonyl (C=O) groups excluding carboxylic acids is 3. The highest BCUT2D eigenvalue weighted by atomic mass is 16.7. The third kappa shape index (κ3) is 8.01. The molecule has 0 spiro atoms. The maximum Gasteiger partial charge on any atom is 0.316 e. The number of likely N-dealkylation sites (N-methyl/N-ethyl adjacent to an activating group) is 1. The molecule has 0 bridgehead atoms. The minimum Gasteiger partial charge on any atom is -0.458 e. The number of nitrogens with zero attached hydrogens (tertiary/aromatic N) is 1. The largest absolute Gasteiger partial charge is 0.458 e. The fourth-order valence-corrected chi connectivity index (χ4v) is 6.08. The summed E-state index contributed by atoms with van der Waals surface area (Å²) in [4.78, 5) is 42.4. The summed E-state index contributed by atoms with van der Waals surface area (Å²) in [7, 11) is 5.14. The monoisotopic (exact) mass is 585 g/mol. The molecule has 1 saturated heterocycles. The number of cyclic esters (lactones) is 1. The molecule has 236 valence electrons. The lowest BCUT2D eigenvalue weighted by atomic mass is 9.77. The van der Waals surface area contributed by atoms with Crippen molar-refractivity contribution >= 4 is 17.5 Å². The molecule has 0 unspecified atom stereocenters. The zero-order valence-electron chi connectivity index (χ0n) is 26.2. The fourth-order valence-electron chi connectivity index (χ4n) is 6.08. The number of hydrogen-bond acceptors (Lipinski definition) is 11. The Labute approximate surface area is 244 Å². The summed E-state index contributed by atoms with van der Waals surface area (Å²) in [6, 6.07) is -0.271. The highest BCUT2D eigenvalue weighted by molar-refractivity contribution is 6.00. The van der Waals surface area contributed by atoms with Gasteiger partial charge in [0.1, 0.15) is 23.7 Å². The molecule has 0 amide bonds. The Bertz CT molecular complexity index is 965. The van der Waals surface area contributed by atoms with E-state index in [9.17, 15) is 29.7 Å². The fraction of sp³-hybridized carbons (Fsp3) is 0.833. The van der Waals surface area contributed by atoms with Crippen LogP contribution in [0.4, 0.5) is 0 Å². The van der Waals surface area contributed by atoms with Crippen LogP contribution in [0.2, 0.25) is 0 Å². The molecule has 2 aliphatic heterocycles. The standard InChI is InChI=1S/C30H51NO10/c1-11-22-29(6,37)14-20(15-32)23(33)16(2)13-30(7,38-10)26(18(4)24(34)19(5)27(36)40-22)41-28-25(35)21(31(8)9)12-17(3)39-28/h14,16-19,21-22,25-26,28,32,35,37H,11-13,15H2,1-10H3/b20-14+/t16-,17-,18+,19-,21+,22-,25-,26-,28+,29+,30+/m1/s1. The molecule has 0 saturated carbocycles. The number of Topliss-reactive ketones (excluding diaryl/α,β-unsaturated/α-hetero) is 2. The van der Waals surface area contributed by atoms with E-state index < -0.39 is 77.7 Å². The Hall–Kier alpha value is -1.73. The third-order valence-electron chi connectivity index (χ3n) is 8.70. The van der Waals surface area contributed by atoms with E-state index in [1.165, 1.54) is 27.0 Å². The van der Waals surface area contributed by atoms with Crippen molar-refractivity contribution in [2.75, 3.05) is 27.8 Å². The van der Waals surface area contributed by atoms with Gasteiger partial charge in [-0.3, -0.25) is 14.4 Å². The maximum atomic E-state index is 13.8. The molecule has 2 aliphatic rings. The van der Waals surface area contributed by atoms with Crippen LogP contribution in [-0.2, 0) is 33.3 Å². The average molecular weight is 586 g/mol. The Balaban J connectivity index is 2.65. The molecule has 2 rings (SSSR count). The first kappa shape index (κ1) is 35.5. The van der Waals surface area contributed by atoms with Gasteiger partial charge in [-0.2, -0.15) is 0 Å². The van der Waals surface area contributed by atoms with Crippen LogP contribution in [0.5, 0.6) is 0 Å². The van der Waals surface area contributed by atoms with E-state index in [4.69, 9.17) is 18.9 Å². The van der Waals surface area contributed by atoms with Crippen LogP contribution in [0.3, 0.4) is 0 Å². The van der Waals surface area contributed by atoms with Gasteiger partial charge in [-0.25, -0.2) is 0 Å². The number of esters is 1. The number of ketones is 2. The zero-order chi connectivity index (χ0) is 31.4. The Morgan fingerprint density at radius 2 is 1.73 bits per heavy atom. The SMILES string of the molecule is CC[C@H]1OC(=O)[C@H](C)C(=O)[C@H](C)[C@@H](O[C@@H]2O[C@H](C)C[C@H](N(C)C)[C@H]2O)[C@@](C)(OC)C[C@@H](C)C(=O)/C(CO)=C/[C@]1(C)O. The predicted molar refractivity (Wildman–Crippen MR) is 151 cm³/mol. The summed E-state index contributed by atoms with van der Waals surface area (Å²) in [5, 5.41) is 32.4. The van der Waals surface area contributed by atoms with Crippen LogP contribution in [0, 0.1) is 17.8 Å². The first-order valence-corrected chi connectivity index (χ1v) is 14.5. The zero-order valence-corrected chi connectivity index (χ0v) is 26.2. The lowest BCUT2D eigenvalue weighted by molar-refractivity contribution is -0.295. The first-order valence-electron chi connectivity index (χ1n) is 14.5. The molecule has 0 aromatic heterocycles.